The van der Waals surface area contributed by atoms with E-state index < -0.39 is 17.4 Å². The van der Waals surface area contributed by atoms with Gasteiger partial charge in [0, 0.05) is 29.9 Å². The number of allylic oxidation sites excluding steroid dienone is 5. The Balaban J connectivity index is 0.000000184. The first-order chi connectivity index (χ1) is 25.6. The van der Waals surface area contributed by atoms with E-state index >= 15 is 0 Å². The molecular formula is C44H48N4O6. The second-order valence-electron chi connectivity index (χ2n) is 15.7. The van der Waals surface area contributed by atoms with Crippen molar-refractivity contribution in [3.63, 3.8) is 0 Å². The predicted octanol–water partition coefficient (Wildman–Crippen LogP) is 6.52. The number of fused-ring (bicyclic) bond motifs is 3. The van der Waals surface area contributed by atoms with Crippen LogP contribution < -0.4 is 4.90 Å². The molecule has 0 bridgehead atoms. The first kappa shape index (κ1) is 38.1. The van der Waals surface area contributed by atoms with E-state index in [1.54, 1.807) is 53.5 Å². The van der Waals surface area contributed by atoms with Gasteiger partial charge in [-0.25, -0.2) is 0 Å². The summed E-state index contributed by atoms with van der Waals surface area (Å²) in [6.45, 7) is 11.8. The van der Waals surface area contributed by atoms with Gasteiger partial charge in [-0.15, -0.1) is 0 Å². The number of benzene rings is 2. The summed E-state index contributed by atoms with van der Waals surface area (Å²) in [7, 11) is 0. The molecule has 1 aliphatic carbocycles. The lowest BCUT2D eigenvalue weighted by Crippen LogP contribution is -2.62. The van der Waals surface area contributed by atoms with Gasteiger partial charge in [0.1, 0.15) is 13.1 Å². The number of nitrogens with zero attached hydrogens (tertiary/aromatic N) is 4. The van der Waals surface area contributed by atoms with Gasteiger partial charge >= 0.3 is 0 Å². The maximum atomic E-state index is 13.3. The summed E-state index contributed by atoms with van der Waals surface area (Å²) in [6, 6.07) is 14.3. The Morgan fingerprint density at radius 1 is 0.704 bits per heavy atom. The molecule has 7 rings (SSSR count). The number of hydrogen-bond acceptors (Lipinski definition) is 6. The molecule has 1 fully saturated rings. The van der Waals surface area contributed by atoms with Crippen molar-refractivity contribution in [3.05, 3.63) is 120 Å². The first-order valence-electron chi connectivity index (χ1n) is 18.5. The van der Waals surface area contributed by atoms with Crippen molar-refractivity contribution < 1.29 is 28.8 Å². The molecule has 54 heavy (non-hydrogen) atoms. The molecule has 10 nitrogen and oxygen atoms in total. The van der Waals surface area contributed by atoms with Crippen LogP contribution in [-0.4, -0.2) is 80.4 Å². The molecule has 2 aromatic rings. The van der Waals surface area contributed by atoms with Gasteiger partial charge in [0.05, 0.1) is 28.4 Å². The van der Waals surface area contributed by atoms with Gasteiger partial charge in [0.25, 0.3) is 11.8 Å². The van der Waals surface area contributed by atoms with E-state index in [4.69, 9.17) is 0 Å². The fourth-order valence-electron chi connectivity index (χ4n) is 8.60. The highest BCUT2D eigenvalue weighted by Gasteiger charge is 2.47. The van der Waals surface area contributed by atoms with Gasteiger partial charge in [-0.2, -0.15) is 0 Å². The summed E-state index contributed by atoms with van der Waals surface area (Å²) < 4.78 is 0. The van der Waals surface area contributed by atoms with Crippen LogP contribution in [0.3, 0.4) is 0 Å². The van der Waals surface area contributed by atoms with Gasteiger partial charge in [0.2, 0.25) is 23.6 Å². The molecule has 10 heteroatoms. The van der Waals surface area contributed by atoms with Crippen molar-refractivity contribution in [1.82, 2.24) is 14.7 Å². The SMILES string of the molecule is CC1=CC(C)(C)N(C(=O)CN2C(=O)c3ccccc3C2=O)c2ccccc21.CC1CC(C)(C)N(C(=O)CN2C(=O)C/C=C\C=C/CC2=O)C2C=CC=CC12. The zero-order valence-electron chi connectivity index (χ0n) is 31.8. The Morgan fingerprint density at radius 2 is 1.24 bits per heavy atom. The number of likely N-dealkylation sites (tertiary alicyclic amines) is 1. The minimum absolute atomic E-state index is 0.0382. The van der Waals surface area contributed by atoms with Gasteiger partial charge < -0.3 is 9.80 Å². The highest BCUT2D eigenvalue weighted by Crippen LogP contribution is 2.42. The Bertz CT molecular complexity index is 1990. The van der Waals surface area contributed by atoms with Gasteiger partial charge in [-0.05, 0) is 70.7 Å². The van der Waals surface area contributed by atoms with E-state index in [1.165, 1.54) is 0 Å². The molecule has 1 saturated heterocycles. The normalized spacial score (nSPS) is 24.9. The van der Waals surface area contributed by atoms with Crippen LogP contribution >= 0.6 is 0 Å². The van der Waals surface area contributed by atoms with E-state index in [2.05, 4.69) is 32.9 Å². The largest absolute Gasteiger partial charge is 0.329 e. The second kappa shape index (κ2) is 15.0. The zero-order valence-corrected chi connectivity index (χ0v) is 31.8. The first-order valence-corrected chi connectivity index (χ1v) is 18.5. The molecule has 0 saturated carbocycles. The molecule has 2 aromatic carbocycles. The maximum absolute atomic E-state index is 13.3. The van der Waals surface area contributed by atoms with Crippen LogP contribution in [0.25, 0.3) is 5.57 Å². The summed E-state index contributed by atoms with van der Waals surface area (Å²) in [5.74, 6) is -1.22. The van der Waals surface area contributed by atoms with Gasteiger partial charge in [-0.1, -0.05) is 91.9 Å². The monoisotopic (exact) mass is 728 g/mol. The average molecular weight is 729 g/mol. The van der Waals surface area contributed by atoms with Crippen LogP contribution in [0.2, 0.25) is 0 Å². The van der Waals surface area contributed by atoms with Crippen molar-refractivity contribution in [2.75, 3.05) is 18.0 Å². The Hall–Kier alpha value is -5.64. The van der Waals surface area contributed by atoms with Crippen molar-refractivity contribution in [1.29, 1.82) is 0 Å². The molecule has 0 aromatic heterocycles. The molecule has 4 heterocycles. The van der Waals surface area contributed by atoms with Crippen molar-refractivity contribution in [3.8, 4) is 0 Å². The van der Waals surface area contributed by atoms with E-state index in [0.29, 0.717) is 17.0 Å². The lowest BCUT2D eigenvalue weighted by atomic mass is 9.71. The van der Waals surface area contributed by atoms with Crippen LogP contribution in [0, 0.1) is 11.8 Å². The summed E-state index contributed by atoms with van der Waals surface area (Å²) in [5, 5.41) is 0. The van der Waals surface area contributed by atoms with E-state index in [1.807, 2.05) is 68.2 Å². The third kappa shape index (κ3) is 7.29. The lowest BCUT2D eigenvalue weighted by molar-refractivity contribution is -0.155. The second-order valence-corrected chi connectivity index (χ2v) is 15.7. The summed E-state index contributed by atoms with van der Waals surface area (Å²) in [6.07, 6.45) is 18.3. The minimum atomic E-state index is -0.561. The van der Waals surface area contributed by atoms with Crippen LogP contribution in [-0.2, 0) is 19.2 Å². The minimum Gasteiger partial charge on any atom is -0.329 e. The maximum Gasteiger partial charge on any atom is 0.262 e. The number of imide groups is 2. The zero-order chi connectivity index (χ0) is 38.9. The third-order valence-corrected chi connectivity index (χ3v) is 10.8. The van der Waals surface area contributed by atoms with E-state index in [9.17, 15) is 28.8 Å². The number of carbonyl (C=O) groups excluding carboxylic acids is 6. The lowest BCUT2D eigenvalue weighted by Gasteiger charge is -2.53. The van der Waals surface area contributed by atoms with Crippen molar-refractivity contribution in [2.24, 2.45) is 11.8 Å². The number of piperidine rings is 1. The Labute approximate surface area is 317 Å². The van der Waals surface area contributed by atoms with E-state index in [-0.39, 0.29) is 67.1 Å². The van der Waals surface area contributed by atoms with Crippen molar-refractivity contribution >= 4 is 46.7 Å². The molecule has 0 radical (unpaired) electrons. The standard InChI is InChI=1S/C22H20N2O3.C22H28N2O3/c1-14-12-22(2,3)24(18-11-7-6-8-15(14)18)19(25)13-23-20(26)16-9-4-5-10-17(16)21(23)27;1-16-14-22(2,3)24(18-11-9-8-10-17(16)18)21(27)15-23-19(25)12-6-4-5-7-13-20(23)26/h4-12H,13H2,1-3H3;4-11,16-18H,12-15H2,1-3H3/b;6-4-,7-5-. The molecule has 3 unspecified atom stereocenters. The van der Waals surface area contributed by atoms with Crippen molar-refractivity contribution in [2.45, 2.75) is 77.9 Å². The molecule has 0 spiro atoms. The molecule has 4 aliphatic heterocycles. The van der Waals surface area contributed by atoms with E-state index in [0.717, 1.165) is 33.0 Å². The smallest absolute Gasteiger partial charge is 0.262 e. The molecular weight excluding hydrogens is 681 g/mol. The summed E-state index contributed by atoms with van der Waals surface area (Å²) in [5.41, 5.74) is 2.68. The van der Waals surface area contributed by atoms with Crippen LogP contribution in [0.1, 0.15) is 87.1 Å². The summed E-state index contributed by atoms with van der Waals surface area (Å²) in [4.78, 5) is 82.4. The molecule has 0 N–H and O–H groups in total. The number of carbonyl (C=O) groups is 6. The Kier molecular flexibility index (Phi) is 10.6. The topological polar surface area (TPSA) is 115 Å². The average Bonchev–Trinajstić information content (AvgIpc) is 3.39. The fourth-order valence-corrected chi connectivity index (χ4v) is 8.60. The number of para-hydroxylation sites is 1. The highest BCUT2D eigenvalue weighted by atomic mass is 16.2. The predicted molar refractivity (Wildman–Crippen MR) is 208 cm³/mol. The quantitative estimate of drug-likeness (QED) is 0.332. The molecule has 280 valence electrons. The number of rotatable bonds is 4. The van der Waals surface area contributed by atoms with Crippen LogP contribution in [0.15, 0.2) is 103 Å². The van der Waals surface area contributed by atoms with Crippen LogP contribution in [0.4, 0.5) is 5.69 Å². The van der Waals surface area contributed by atoms with Crippen LogP contribution in [0.5, 0.6) is 0 Å². The van der Waals surface area contributed by atoms with Gasteiger partial charge in [0.15, 0.2) is 0 Å². The third-order valence-electron chi connectivity index (χ3n) is 10.8. The number of hydrogen-bond donors (Lipinski definition) is 0. The summed E-state index contributed by atoms with van der Waals surface area (Å²) >= 11 is 0. The number of anilines is 1. The molecule has 6 amide bonds. The highest BCUT2D eigenvalue weighted by molar-refractivity contribution is 6.23. The molecule has 5 aliphatic rings. The number of amides is 6. The van der Waals surface area contributed by atoms with Gasteiger partial charge in [-0.3, -0.25) is 38.6 Å². The molecule has 3 atom stereocenters. The Morgan fingerprint density at radius 3 is 1.85 bits per heavy atom. The fraction of sp³-hybridized carbons (Fsp3) is 0.364.